The molecule has 3 nitrogen and oxygen atoms in total. The summed E-state index contributed by atoms with van der Waals surface area (Å²) in [5.74, 6) is 2.77. The lowest BCUT2D eigenvalue weighted by Crippen LogP contribution is -2.34. The standard InChI is InChI=1S/C18H31N3/c1-5-16-8-10-21(11-9-16)18-7-6-17(15(4)20-18)13-19-12-14(2)3/h6-7,14,16,19H,5,8-13H2,1-4H3. The summed E-state index contributed by atoms with van der Waals surface area (Å²) in [5.41, 5.74) is 2.49. The van der Waals surface area contributed by atoms with Crippen molar-refractivity contribution in [3.8, 4) is 0 Å². The highest BCUT2D eigenvalue weighted by Gasteiger charge is 2.19. The van der Waals surface area contributed by atoms with Crippen LogP contribution in [-0.2, 0) is 6.54 Å². The number of pyridine rings is 1. The van der Waals surface area contributed by atoms with E-state index in [2.05, 4.69) is 50.0 Å². The number of aryl methyl sites for hydroxylation is 1. The number of nitrogens with one attached hydrogen (secondary N) is 1. The Morgan fingerprint density at radius 1 is 1.29 bits per heavy atom. The van der Waals surface area contributed by atoms with Gasteiger partial charge in [0.2, 0.25) is 0 Å². The monoisotopic (exact) mass is 289 g/mol. The molecule has 2 heterocycles. The Labute approximate surface area is 130 Å². The molecule has 0 atom stereocenters. The van der Waals surface area contributed by atoms with Crippen LogP contribution in [0, 0.1) is 18.8 Å². The van der Waals surface area contributed by atoms with Gasteiger partial charge in [-0.3, -0.25) is 0 Å². The fraction of sp³-hybridized carbons (Fsp3) is 0.722. The van der Waals surface area contributed by atoms with Gasteiger partial charge in [0, 0.05) is 25.3 Å². The molecular formula is C18H31N3. The largest absolute Gasteiger partial charge is 0.357 e. The molecule has 2 rings (SSSR count). The molecule has 3 heteroatoms. The molecule has 0 unspecified atom stereocenters. The molecule has 0 radical (unpaired) electrons. The Morgan fingerprint density at radius 2 is 2.00 bits per heavy atom. The van der Waals surface area contributed by atoms with E-state index in [1.807, 2.05) is 0 Å². The minimum absolute atomic E-state index is 0.692. The van der Waals surface area contributed by atoms with E-state index in [9.17, 15) is 0 Å². The Kier molecular flexibility index (Phi) is 6.04. The normalized spacial score (nSPS) is 16.7. The first kappa shape index (κ1) is 16.3. The first-order valence-electron chi connectivity index (χ1n) is 8.52. The Hall–Kier alpha value is -1.09. The van der Waals surface area contributed by atoms with Crippen LogP contribution >= 0.6 is 0 Å². The van der Waals surface area contributed by atoms with Gasteiger partial charge in [-0.2, -0.15) is 0 Å². The third kappa shape index (κ3) is 4.70. The molecule has 21 heavy (non-hydrogen) atoms. The summed E-state index contributed by atoms with van der Waals surface area (Å²) in [6.07, 6.45) is 3.95. The van der Waals surface area contributed by atoms with Crippen LogP contribution in [0.5, 0.6) is 0 Å². The molecule has 118 valence electrons. The summed E-state index contributed by atoms with van der Waals surface area (Å²) >= 11 is 0. The third-order valence-electron chi connectivity index (χ3n) is 4.56. The first-order chi connectivity index (χ1) is 10.1. The number of aromatic nitrogens is 1. The Balaban J connectivity index is 1.92. The first-order valence-corrected chi connectivity index (χ1v) is 8.52. The van der Waals surface area contributed by atoms with Crippen molar-refractivity contribution in [1.29, 1.82) is 0 Å². The maximum absolute atomic E-state index is 4.83. The topological polar surface area (TPSA) is 28.2 Å². The number of piperidine rings is 1. The van der Waals surface area contributed by atoms with Gasteiger partial charge >= 0.3 is 0 Å². The molecule has 1 aromatic heterocycles. The highest BCUT2D eigenvalue weighted by atomic mass is 15.2. The van der Waals surface area contributed by atoms with Gasteiger partial charge in [-0.1, -0.05) is 33.3 Å². The Morgan fingerprint density at radius 3 is 2.57 bits per heavy atom. The van der Waals surface area contributed by atoms with Gasteiger partial charge in [0.1, 0.15) is 5.82 Å². The van der Waals surface area contributed by atoms with Crippen LogP contribution in [0.25, 0.3) is 0 Å². The van der Waals surface area contributed by atoms with E-state index in [-0.39, 0.29) is 0 Å². The van der Waals surface area contributed by atoms with Crippen LogP contribution in [0.3, 0.4) is 0 Å². The van der Waals surface area contributed by atoms with Gasteiger partial charge in [0.15, 0.2) is 0 Å². The van der Waals surface area contributed by atoms with Crippen molar-refractivity contribution in [1.82, 2.24) is 10.3 Å². The van der Waals surface area contributed by atoms with E-state index in [0.29, 0.717) is 5.92 Å². The molecule has 1 fully saturated rings. The van der Waals surface area contributed by atoms with Crippen molar-refractivity contribution >= 4 is 5.82 Å². The molecule has 1 N–H and O–H groups in total. The smallest absolute Gasteiger partial charge is 0.128 e. The average Bonchev–Trinajstić information content (AvgIpc) is 2.48. The van der Waals surface area contributed by atoms with Gasteiger partial charge in [0.25, 0.3) is 0 Å². The molecule has 0 amide bonds. The van der Waals surface area contributed by atoms with Gasteiger partial charge < -0.3 is 10.2 Å². The summed E-state index contributed by atoms with van der Waals surface area (Å²) < 4.78 is 0. The van der Waals surface area contributed by atoms with Gasteiger partial charge in [-0.25, -0.2) is 4.98 Å². The zero-order valence-corrected chi connectivity index (χ0v) is 14.2. The number of hydrogen-bond acceptors (Lipinski definition) is 3. The van der Waals surface area contributed by atoms with Gasteiger partial charge in [0.05, 0.1) is 0 Å². The molecule has 1 aromatic rings. The summed E-state index contributed by atoms with van der Waals surface area (Å²) in [6.45, 7) is 13.2. The van der Waals surface area contributed by atoms with Crippen molar-refractivity contribution < 1.29 is 0 Å². The molecule has 0 saturated carbocycles. The van der Waals surface area contributed by atoms with Gasteiger partial charge in [-0.15, -0.1) is 0 Å². The molecule has 1 aliphatic heterocycles. The second-order valence-electron chi connectivity index (χ2n) is 6.78. The second kappa shape index (κ2) is 7.79. The van der Waals surface area contributed by atoms with E-state index in [0.717, 1.165) is 37.9 Å². The summed E-state index contributed by atoms with van der Waals surface area (Å²) in [4.78, 5) is 7.28. The summed E-state index contributed by atoms with van der Waals surface area (Å²) in [7, 11) is 0. The minimum Gasteiger partial charge on any atom is -0.357 e. The van der Waals surface area contributed by atoms with E-state index in [1.165, 1.54) is 30.5 Å². The van der Waals surface area contributed by atoms with Crippen LogP contribution in [-0.4, -0.2) is 24.6 Å². The number of rotatable bonds is 6. The zero-order chi connectivity index (χ0) is 15.2. The number of hydrogen-bond donors (Lipinski definition) is 1. The number of nitrogens with zero attached hydrogens (tertiary/aromatic N) is 2. The van der Waals surface area contributed by atoms with Crippen molar-refractivity contribution in [3.05, 3.63) is 23.4 Å². The maximum Gasteiger partial charge on any atom is 0.128 e. The van der Waals surface area contributed by atoms with Crippen molar-refractivity contribution in [2.45, 2.75) is 53.5 Å². The molecule has 0 aromatic carbocycles. The van der Waals surface area contributed by atoms with Crippen molar-refractivity contribution in [2.75, 3.05) is 24.5 Å². The van der Waals surface area contributed by atoms with Crippen LogP contribution in [0.2, 0.25) is 0 Å². The minimum atomic E-state index is 0.692. The SMILES string of the molecule is CCC1CCN(c2ccc(CNCC(C)C)c(C)n2)CC1. The van der Waals surface area contributed by atoms with Crippen LogP contribution in [0.15, 0.2) is 12.1 Å². The molecular weight excluding hydrogens is 258 g/mol. The third-order valence-corrected chi connectivity index (χ3v) is 4.56. The zero-order valence-electron chi connectivity index (χ0n) is 14.2. The predicted octanol–water partition coefficient (Wildman–Crippen LogP) is 3.76. The molecule has 1 aliphatic rings. The van der Waals surface area contributed by atoms with Crippen molar-refractivity contribution in [2.24, 2.45) is 11.8 Å². The predicted molar refractivity (Wildman–Crippen MR) is 90.7 cm³/mol. The lowest BCUT2D eigenvalue weighted by molar-refractivity contribution is 0.393. The van der Waals surface area contributed by atoms with E-state index < -0.39 is 0 Å². The fourth-order valence-electron chi connectivity index (χ4n) is 3.01. The van der Waals surface area contributed by atoms with Gasteiger partial charge in [-0.05, 0) is 49.8 Å². The lowest BCUT2D eigenvalue weighted by Gasteiger charge is -2.32. The quantitative estimate of drug-likeness (QED) is 0.864. The van der Waals surface area contributed by atoms with Crippen LogP contribution in [0.1, 0.15) is 51.3 Å². The fourth-order valence-corrected chi connectivity index (χ4v) is 3.01. The lowest BCUT2D eigenvalue weighted by atomic mass is 9.94. The average molecular weight is 289 g/mol. The second-order valence-corrected chi connectivity index (χ2v) is 6.78. The molecule has 1 saturated heterocycles. The highest BCUT2D eigenvalue weighted by Crippen LogP contribution is 2.24. The molecule has 0 spiro atoms. The molecule has 0 bridgehead atoms. The van der Waals surface area contributed by atoms with E-state index in [1.54, 1.807) is 0 Å². The van der Waals surface area contributed by atoms with E-state index in [4.69, 9.17) is 4.98 Å². The molecule has 0 aliphatic carbocycles. The number of anilines is 1. The summed E-state index contributed by atoms with van der Waals surface area (Å²) in [6, 6.07) is 4.45. The highest BCUT2D eigenvalue weighted by molar-refractivity contribution is 5.42. The van der Waals surface area contributed by atoms with E-state index >= 15 is 0 Å². The Bertz CT molecular complexity index is 434. The van der Waals surface area contributed by atoms with Crippen LogP contribution < -0.4 is 10.2 Å². The van der Waals surface area contributed by atoms with Crippen LogP contribution in [0.4, 0.5) is 5.82 Å². The summed E-state index contributed by atoms with van der Waals surface area (Å²) in [5, 5.41) is 3.50. The van der Waals surface area contributed by atoms with Crippen molar-refractivity contribution in [3.63, 3.8) is 0 Å². The maximum atomic E-state index is 4.83.